The summed E-state index contributed by atoms with van der Waals surface area (Å²) in [4.78, 5) is 22.4. The summed E-state index contributed by atoms with van der Waals surface area (Å²) in [5.74, 6) is 0.128. The number of Topliss-reactive ketones (excluding diaryl/α,β-unsaturated/α-hetero) is 1. The Morgan fingerprint density at radius 2 is 2.00 bits per heavy atom. The molecular weight excluding hydrogens is 394 g/mol. The smallest absolute Gasteiger partial charge is 0.294 e. The molecule has 2 aromatic rings. The zero-order valence-corrected chi connectivity index (χ0v) is 17.1. The average Bonchev–Trinajstić information content (AvgIpc) is 2.68. The van der Waals surface area contributed by atoms with Crippen LogP contribution in [0.4, 0.5) is 17.1 Å². The summed E-state index contributed by atoms with van der Waals surface area (Å²) in [6.07, 6.45) is 1.74. The number of nitro benzene ring substituents is 1. The van der Waals surface area contributed by atoms with Gasteiger partial charge in [-0.15, -0.1) is 0 Å². The van der Waals surface area contributed by atoms with E-state index in [0.29, 0.717) is 24.3 Å². The van der Waals surface area contributed by atoms with Crippen LogP contribution in [-0.4, -0.2) is 36.5 Å². The van der Waals surface area contributed by atoms with Gasteiger partial charge in [-0.2, -0.15) is 4.31 Å². The van der Waals surface area contributed by atoms with Crippen molar-refractivity contribution < 1.29 is 18.1 Å². The number of carbonyl (C=O) groups excluding carboxylic acids is 1. The molecule has 29 heavy (non-hydrogen) atoms. The number of hydrogen-bond acceptors (Lipinski definition) is 6. The van der Waals surface area contributed by atoms with Gasteiger partial charge in [0.15, 0.2) is 5.78 Å². The van der Waals surface area contributed by atoms with Crippen molar-refractivity contribution in [3.05, 3.63) is 58.1 Å². The fourth-order valence-corrected chi connectivity index (χ4v) is 5.03. The van der Waals surface area contributed by atoms with Gasteiger partial charge >= 0.3 is 0 Å². The number of piperidine rings is 1. The van der Waals surface area contributed by atoms with Gasteiger partial charge in [-0.05, 0) is 49.9 Å². The molecule has 1 aliphatic rings. The standard InChI is InChI=1S/C20H23N3O5S/c1-14-5-4-10-22(13-14)29(27,28)18-8-9-19(20(12-18)23(25)26)21-17-7-3-6-16(11-17)15(2)24/h3,6-9,11-12,14,21H,4-5,10,13H2,1-2H3/t14-/m1/s1. The van der Waals surface area contributed by atoms with Crippen LogP contribution in [0, 0.1) is 16.0 Å². The van der Waals surface area contributed by atoms with Gasteiger partial charge in [0.1, 0.15) is 5.69 Å². The Kier molecular flexibility index (Phi) is 5.99. The minimum absolute atomic E-state index is 0.0960. The Labute approximate surface area is 169 Å². The maximum absolute atomic E-state index is 12.9. The van der Waals surface area contributed by atoms with E-state index < -0.39 is 14.9 Å². The van der Waals surface area contributed by atoms with Gasteiger partial charge < -0.3 is 5.32 Å². The van der Waals surface area contributed by atoms with Crippen LogP contribution in [0.1, 0.15) is 37.0 Å². The molecule has 3 rings (SSSR count). The number of sulfonamides is 1. The van der Waals surface area contributed by atoms with Crippen molar-refractivity contribution in [2.45, 2.75) is 31.6 Å². The van der Waals surface area contributed by atoms with Crippen LogP contribution in [0.25, 0.3) is 0 Å². The lowest BCUT2D eigenvalue weighted by atomic mass is 10.0. The van der Waals surface area contributed by atoms with Gasteiger partial charge in [0, 0.05) is 30.4 Å². The third kappa shape index (κ3) is 4.63. The Morgan fingerprint density at radius 3 is 2.66 bits per heavy atom. The van der Waals surface area contributed by atoms with Gasteiger partial charge in [-0.1, -0.05) is 19.1 Å². The van der Waals surface area contributed by atoms with Gasteiger partial charge in [-0.25, -0.2) is 8.42 Å². The molecule has 1 atom stereocenters. The molecule has 0 radical (unpaired) electrons. The van der Waals surface area contributed by atoms with Crippen LogP contribution < -0.4 is 5.32 Å². The molecule has 1 aliphatic heterocycles. The first-order valence-corrected chi connectivity index (χ1v) is 10.8. The van der Waals surface area contributed by atoms with Crippen LogP contribution in [0.2, 0.25) is 0 Å². The Morgan fingerprint density at radius 1 is 1.24 bits per heavy atom. The normalized spacial score (nSPS) is 17.7. The topological polar surface area (TPSA) is 110 Å². The van der Waals surface area contributed by atoms with E-state index in [1.54, 1.807) is 24.3 Å². The van der Waals surface area contributed by atoms with E-state index >= 15 is 0 Å². The van der Waals surface area contributed by atoms with E-state index in [2.05, 4.69) is 5.32 Å². The van der Waals surface area contributed by atoms with E-state index in [4.69, 9.17) is 0 Å². The Bertz CT molecular complexity index is 1050. The van der Waals surface area contributed by atoms with Crippen molar-refractivity contribution >= 4 is 32.9 Å². The molecule has 0 saturated carbocycles. The van der Waals surface area contributed by atoms with Crippen molar-refractivity contribution in [1.82, 2.24) is 4.31 Å². The first kappa shape index (κ1) is 20.9. The zero-order chi connectivity index (χ0) is 21.2. The fourth-order valence-electron chi connectivity index (χ4n) is 3.41. The van der Waals surface area contributed by atoms with Crippen LogP contribution in [-0.2, 0) is 10.0 Å². The highest BCUT2D eigenvalue weighted by atomic mass is 32.2. The number of nitrogens with one attached hydrogen (secondary N) is 1. The SMILES string of the molecule is CC(=O)c1cccc(Nc2ccc(S(=O)(=O)N3CCC[C@@H](C)C3)cc2[N+](=O)[O-])c1. The molecule has 0 unspecified atom stereocenters. The number of anilines is 2. The molecule has 0 bridgehead atoms. The molecule has 0 aromatic heterocycles. The molecule has 1 fully saturated rings. The second-order valence-electron chi connectivity index (χ2n) is 7.31. The summed E-state index contributed by atoms with van der Waals surface area (Å²) >= 11 is 0. The predicted octanol–water partition coefficient (Wildman–Crippen LogP) is 3.96. The number of ketones is 1. The molecule has 0 aliphatic carbocycles. The van der Waals surface area contributed by atoms with Crippen molar-refractivity contribution in [3.63, 3.8) is 0 Å². The van der Waals surface area contributed by atoms with Crippen LogP contribution in [0.5, 0.6) is 0 Å². The number of benzene rings is 2. The van der Waals surface area contributed by atoms with Crippen LogP contribution in [0.3, 0.4) is 0 Å². The first-order chi connectivity index (χ1) is 13.7. The second kappa shape index (κ2) is 8.30. The Hall–Kier alpha value is -2.78. The lowest BCUT2D eigenvalue weighted by Crippen LogP contribution is -2.39. The summed E-state index contributed by atoms with van der Waals surface area (Å²) in [6, 6.07) is 10.4. The largest absolute Gasteiger partial charge is 0.350 e. The molecule has 1 N–H and O–H groups in total. The maximum Gasteiger partial charge on any atom is 0.294 e. The molecular formula is C20H23N3O5S. The number of hydrogen-bond donors (Lipinski definition) is 1. The molecule has 1 heterocycles. The molecule has 8 nitrogen and oxygen atoms in total. The summed E-state index contributed by atoms with van der Waals surface area (Å²) in [5, 5.41) is 14.5. The van der Waals surface area contributed by atoms with Gasteiger partial charge in [-0.3, -0.25) is 14.9 Å². The van der Waals surface area contributed by atoms with E-state index in [9.17, 15) is 23.3 Å². The van der Waals surface area contributed by atoms with E-state index in [1.165, 1.54) is 23.4 Å². The molecule has 2 aromatic carbocycles. The van der Waals surface area contributed by atoms with Crippen molar-refractivity contribution in [2.75, 3.05) is 18.4 Å². The number of carbonyl (C=O) groups is 1. The number of nitro groups is 1. The second-order valence-corrected chi connectivity index (χ2v) is 9.25. The minimum atomic E-state index is -3.80. The monoisotopic (exact) mass is 417 g/mol. The van der Waals surface area contributed by atoms with Gasteiger partial charge in [0.05, 0.1) is 9.82 Å². The predicted molar refractivity (Wildman–Crippen MR) is 110 cm³/mol. The van der Waals surface area contributed by atoms with E-state index in [0.717, 1.165) is 18.9 Å². The van der Waals surface area contributed by atoms with Gasteiger partial charge in [0.2, 0.25) is 10.0 Å². The van der Waals surface area contributed by atoms with E-state index in [-0.39, 0.29) is 28.0 Å². The maximum atomic E-state index is 12.9. The average molecular weight is 417 g/mol. The first-order valence-electron chi connectivity index (χ1n) is 9.35. The molecule has 9 heteroatoms. The highest BCUT2D eigenvalue weighted by Crippen LogP contribution is 2.32. The lowest BCUT2D eigenvalue weighted by molar-refractivity contribution is -0.384. The van der Waals surface area contributed by atoms with Crippen LogP contribution >= 0.6 is 0 Å². The summed E-state index contributed by atoms with van der Waals surface area (Å²) in [7, 11) is -3.80. The van der Waals surface area contributed by atoms with Crippen molar-refractivity contribution in [2.24, 2.45) is 5.92 Å². The fraction of sp³-hybridized carbons (Fsp3) is 0.350. The number of rotatable bonds is 6. The minimum Gasteiger partial charge on any atom is -0.350 e. The van der Waals surface area contributed by atoms with Crippen molar-refractivity contribution in [1.29, 1.82) is 0 Å². The third-order valence-electron chi connectivity index (χ3n) is 4.97. The van der Waals surface area contributed by atoms with Crippen molar-refractivity contribution in [3.8, 4) is 0 Å². The molecule has 1 saturated heterocycles. The van der Waals surface area contributed by atoms with E-state index in [1.807, 2.05) is 6.92 Å². The zero-order valence-electron chi connectivity index (χ0n) is 16.3. The van der Waals surface area contributed by atoms with Crippen LogP contribution in [0.15, 0.2) is 47.4 Å². The lowest BCUT2D eigenvalue weighted by Gasteiger charge is -2.30. The summed E-state index contributed by atoms with van der Waals surface area (Å²) in [6.45, 7) is 4.25. The molecule has 154 valence electrons. The highest BCUT2D eigenvalue weighted by molar-refractivity contribution is 7.89. The molecule has 0 amide bonds. The highest BCUT2D eigenvalue weighted by Gasteiger charge is 2.30. The number of nitrogens with zero attached hydrogens (tertiary/aromatic N) is 2. The Balaban J connectivity index is 1.94. The summed E-state index contributed by atoms with van der Waals surface area (Å²) < 4.78 is 27.3. The van der Waals surface area contributed by atoms with Gasteiger partial charge in [0.25, 0.3) is 5.69 Å². The third-order valence-corrected chi connectivity index (χ3v) is 6.83. The molecule has 0 spiro atoms. The summed E-state index contributed by atoms with van der Waals surface area (Å²) in [5.41, 5.74) is 0.781. The quantitative estimate of drug-likeness (QED) is 0.433.